The highest BCUT2D eigenvalue weighted by Gasteiger charge is 2.05. The number of anilines is 1. The normalized spacial score (nSPS) is 10.4. The van der Waals surface area contributed by atoms with Gasteiger partial charge in [-0.15, -0.1) is 0 Å². The van der Waals surface area contributed by atoms with Gasteiger partial charge in [-0.2, -0.15) is 0 Å². The number of methoxy groups -OCH3 is 1. The molecule has 0 radical (unpaired) electrons. The average Bonchev–Trinajstić information content (AvgIpc) is 2.51. The summed E-state index contributed by atoms with van der Waals surface area (Å²) in [5.41, 5.74) is 1.68. The smallest absolute Gasteiger partial charge is 0.238 e. The van der Waals surface area contributed by atoms with E-state index in [2.05, 4.69) is 10.6 Å². The zero-order valence-corrected chi connectivity index (χ0v) is 14.2. The van der Waals surface area contributed by atoms with E-state index in [1.165, 1.54) is 0 Å². The van der Waals surface area contributed by atoms with Crippen molar-refractivity contribution in [2.75, 3.05) is 25.5 Å². The number of ether oxygens (including phenoxy) is 1. The Hall–Kier alpha value is -1.75. The van der Waals surface area contributed by atoms with Gasteiger partial charge in [0.25, 0.3) is 0 Å². The van der Waals surface area contributed by atoms with Gasteiger partial charge in [0.1, 0.15) is 5.75 Å². The minimum atomic E-state index is -0.150. The predicted octanol–water partition coefficient (Wildman–Crippen LogP) is 3.77. The molecule has 0 aliphatic rings. The molecule has 0 aliphatic carbocycles. The summed E-state index contributed by atoms with van der Waals surface area (Å²) in [6.07, 6.45) is 0.778. The van der Waals surface area contributed by atoms with Crippen LogP contribution in [0.1, 0.15) is 5.56 Å². The molecule has 122 valence electrons. The maximum Gasteiger partial charge on any atom is 0.238 e. The average molecular weight is 353 g/mol. The molecule has 2 rings (SSSR count). The lowest BCUT2D eigenvalue weighted by Gasteiger charge is -2.09. The molecule has 0 saturated carbocycles. The number of hydrogen-bond acceptors (Lipinski definition) is 3. The van der Waals surface area contributed by atoms with Crippen molar-refractivity contribution < 1.29 is 9.53 Å². The molecule has 23 heavy (non-hydrogen) atoms. The third kappa shape index (κ3) is 5.75. The first-order valence-corrected chi connectivity index (χ1v) is 7.92. The van der Waals surface area contributed by atoms with Crippen LogP contribution in [0.25, 0.3) is 0 Å². The Bertz CT molecular complexity index is 657. The van der Waals surface area contributed by atoms with Crippen LogP contribution in [0, 0.1) is 0 Å². The van der Waals surface area contributed by atoms with Crippen LogP contribution in [0.2, 0.25) is 10.0 Å². The fourth-order valence-corrected chi connectivity index (χ4v) is 2.69. The number of carbonyl (C=O) groups excluding carboxylic acids is 1. The maximum atomic E-state index is 11.9. The van der Waals surface area contributed by atoms with Crippen molar-refractivity contribution in [1.82, 2.24) is 5.32 Å². The second-order valence-electron chi connectivity index (χ2n) is 4.94. The first kappa shape index (κ1) is 17.6. The Balaban J connectivity index is 1.76. The quantitative estimate of drug-likeness (QED) is 0.745. The monoisotopic (exact) mass is 352 g/mol. The Kier molecular flexibility index (Phi) is 6.71. The van der Waals surface area contributed by atoms with E-state index >= 15 is 0 Å². The van der Waals surface area contributed by atoms with Gasteiger partial charge < -0.3 is 15.4 Å². The lowest BCUT2D eigenvalue weighted by Crippen LogP contribution is -2.29. The number of nitrogens with one attached hydrogen (secondary N) is 2. The summed E-state index contributed by atoms with van der Waals surface area (Å²) in [6, 6.07) is 12.7. The van der Waals surface area contributed by atoms with Crippen molar-refractivity contribution in [2.24, 2.45) is 0 Å². The number of hydrogen-bond donors (Lipinski definition) is 2. The van der Waals surface area contributed by atoms with Crippen molar-refractivity contribution in [3.63, 3.8) is 0 Å². The molecule has 0 aliphatic heterocycles. The number of benzene rings is 2. The highest BCUT2D eigenvalue weighted by atomic mass is 35.5. The fourth-order valence-electron chi connectivity index (χ4n) is 2.17. The summed E-state index contributed by atoms with van der Waals surface area (Å²) >= 11 is 11.8. The van der Waals surface area contributed by atoms with E-state index in [9.17, 15) is 4.79 Å². The van der Waals surface area contributed by atoms with Gasteiger partial charge in [-0.3, -0.25) is 4.79 Å². The highest BCUT2D eigenvalue weighted by Crippen LogP contribution is 2.22. The topological polar surface area (TPSA) is 50.4 Å². The summed E-state index contributed by atoms with van der Waals surface area (Å²) in [5.74, 6) is 0.704. The lowest BCUT2D eigenvalue weighted by molar-refractivity contribution is -0.115. The molecule has 0 fully saturated rings. The predicted molar refractivity (Wildman–Crippen MR) is 94.7 cm³/mol. The van der Waals surface area contributed by atoms with E-state index in [1.807, 2.05) is 24.3 Å². The molecular weight excluding hydrogens is 335 g/mol. The molecule has 1 amide bonds. The number of carbonyl (C=O) groups is 1. The summed E-state index contributed by atoms with van der Waals surface area (Å²) in [5, 5.41) is 6.82. The van der Waals surface area contributed by atoms with E-state index < -0.39 is 0 Å². The Morgan fingerprint density at radius 3 is 2.52 bits per heavy atom. The molecule has 0 unspecified atom stereocenters. The standard InChI is InChI=1S/C17H18Cl2N2O2/c1-23-16-5-3-2-4-12(16)6-7-20-11-17(22)21-15-9-13(18)8-14(19)10-15/h2-5,8-10,20H,6-7,11H2,1H3,(H,21,22). The van der Waals surface area contributed by atoms with E-state index in [0.29, 0.717) is 22.3 Å². The molecule has 4 nitrogen and oxygen atoms in total. The number of halogens is 2. The summed E-state index contributed by atoms with van der Waals surface area (Å²) in [7, 11) is 1.65. The SMILES string of the molecule is COc1ccccc1CCNCC(=O)Nc1cc(Cl)cc(Cl)c1. The molecule has 0 bridgehead atoms. The maximum absolute atomic E-state index is 11.9. The van der Waals surface area contributed by atoms with E-state index in [1.54, 1.807) is 25.3 Å². The van der Waals surface area contributed by atoms with Crippen LogP contribution in [0.4, 0.5) is 5.69 Å². The van der Waals surface area contributed by atoms with Crippen LogP contribution in [0.15, 0.2) is 42.5 Å². The molecule has 2 aromatic carbocycles. The molecule has 0 aromatic heterocycles. The first-order valence-electron chi connectivity index (χ1n) is 7.17. The Labute approximate surface area is 145 Å². The zero-order valence-electron chi connectivity index (χ0n) is 12.7. The summed E-state index contributed by atoms with van der Waals surface area (Å²) < 4.78 is 5.29. The van der Waals surface area contributed by atoms with Gasteiger partial charge >= 0.3 is 0 Å². The Morgan fingerprint density at radius 1 is 1.13 bits per heavy atom. The van der Waals surface area contributed by atoms with Gasteiger partial charge in [0.2, 0.25) is 5.91 Å². The number of rotatable bonds is 7. The number of amides is 1. The van der Waals surface area contributed by atoms with Crippen LogP contribution in [-0.2, 0) is 11.2 Å². The van der Waals surface area contributed by atoms with Gasteiger partial charge in [0, 0.05) is 15.7 Å². The van der Waals surface area contributed by atoms with Gasteiger partial charge in [0.15, 0.2) is 0 Å². The molecule has 0 saturated heterocycles. The highest BCUT2D eigenvalue weighted by molar-refractivity contribution is 6.35. The van der Waals surface area contributed by atoms with Crippen LogP contribution < -0.4 is 15.4 Å². The second kappa shape index (κ2) is 8.77. The molecule has 6 heteroatoms. The minimum absolute atomic E-state index is 0.150. The van der Waals surface area contributed by atoms with Gasteiger partial charge in [-0.25, -0.2) is 0 Å². The molecule has 0 heterocycles. The van der Waals surface area contributed by atoms with Gasteiger partial charge in [-0.05, 0) is 42.8 Å². The van der Waals surface area contributed by atoms with Crippen LogP contribution in [0.3, 0.4) is 0 Å². The number of para-hydroxylation sites is 1. The van der Waals surface area contributed by atoms with Crippen LogP contribution in [-0.4, -0.2) is 26.1 Å². The minimum Gasteiger partial charge on any atom is -0.496 e. The van der Waals surface area contributed by atoms with Gasteiger partial charge in [-0.1, -0.05) is 41.4 Å². The third-order valence-electron chi connectivity index (χ3n) is 3.20. The van der Waals surface area contributed by atoms with Crippen LogP contribution >= 0.6 is 23.2 Å². The van der Waals surface area contributed by atoms with Crippen LogP contribution in [0.5, 0.6) is 5.75 Å². The largest absolute Gasteiger partial charge is 0.496 e. The second-order valence-corrected chi connectivity index (χ2v) is 5.82. The van der Waals surface area contributed by atoms with Crippen molar-refractivity contribution in [3.05, 3.63) is 58.1 Å². The zero-order chi connectivity index (χ0) is 16.7. The molecule has 2 aromatic rings. The van der Waals surface area contributed by atoms with Gasteiger partial charge in [0.05, 0.1) is 13.7 Å². The summed E-state index contributed by atoms with van der Waals surface area (Å²) in [6.45, 7) is 0.878. The molecular formula is C17H18Cl2N2O2. The molecule has 0 spiro atoms. The Morgan fingerprint density at radius 2 is 1.83 bits per heavy atom. The van der Waals surface area contributed by atoms with Crippen molar-refractivity contribution in [1.29, 1.82) is 0 Å². The molecule has 0 atom stereocenters. The first-order chi connectivity index (χ1) is 11.1. The lowest BCUT2D eigenvalue weighted by atomic mass is 10.1. The molecule has 2 N–H and O–H groups in total. The van der Waals surface area contributed by atoms with E-state index in [0.717, 1.165) is 17.7 Å². The van der Waals surface area contributed by atoms with E-state index in [4.69, 9.17) is 27.9 Å². The fraction of sp³-hybridized carbons (Fsp3) is 0.235. The van der Waals surface area contributed by atoms with E-state index in [-0.39, 0.29) is 12.5 Å². The summed E-state index contributed by atoms with van der Waals surface area (Å²) in [4.78, 5) is 11.9. The van der Waals surface area contributed by atoms with Crippen molar-refractivity contribution >= 4 is 34.8 Å². The third-order valence-corrected chi connectivity index (χ3v) is 3.63. The van der Waals surface area contributed by atoms with Crippen molar-refractivity contribution in [3.8, 4) is 5.75 Å². The van der Waals surface area contributed by atoms with Crippen molar-refractivity contribution in [2.45, 2.75) is 6.42 Å².